The minimum Gasteiger partial charge on any atom is -0.550 e. The average Bonchev–Trinajstić information content (AvgIpc) is 3.26. The molecule has 0 N–H and O–H groups in total. The molecule has 9 heteroatoms. The van der Waals surface area contributed by atoms with Crippen molar-refractivity contribution in [2.75, 3.05) is 0 Å². The smallest absolute Gasteiger partial charge is 0.212 e. The van der Waals surface area contributed by atoms with Crippen molar-refractivity contribution in [3.63, 3.8) is 0 Å². The summed E-state index contributed by atoms with van der Waals surface area (Å²) in [7, 11) is 0. The summed E-state index contributed by atoms with van der Waals surface area (Å²) in [5.41, 5.74) is 1.55. The van der Waals surface area contributed by atoms with Gasteiger partial charge in [0.2, 0.25) is 5.16 Å². The number of benzene rings is 1. The molecule has 1 aromatic carbocycles. The standard InChI is InChI=1S/C17H13FN4O2S2/c18-11-5-3-10(4-6-11)8-14-19-20-17-22(14)21-16(12-2-1-7-25-12)13(26-17)9-15(23)24/h1-7,13H,8-9H2,(H,23,24)/p-1/t13-/m0/s1. The average molecular weight is 387 g/mol. The summed E-state index contributed by atoms with van der Waals surface area (Å²) in [5.74, 6) is -0.818. The lowest BCUT2D eigenvalue weighted by atomic mass is 10.1. The maximum absolute atomic E-state index is 13.1. The van der Waals surface area contributed by atoms with Gasteiger partial charge in [-0.15, -0.1) is 21.5 Å². The Bertz CT molecular complexity index is 967. The summed E-state index contributed by atoms with van der Waals surface area (Å²) in [6.07, 6.45) is 0.293. The Labute approximate surface area is 156 Å². The summed E-state index contributed by atoms with van der Waals surface area (Å²) in [5, 5.41) is 26.1. The molecule has 0 spiro atoms. The zero-order chi connectivity index (χ0) is 18.1. The molecule has 0 saturated heterocycles. The number of aromatic nitrogens is 3. The van der Waals surface area contributed by atoms with Crippen molar-refractivity contribution in [2.24, 2.45) is 5.10 Å². The van der Waals surface area contributed by atoms with Crippen molar-refractivity contribution < 1.29 is 14.3 Å². The first-order valence-corrected chi connectivity index (χ1v) is 9.54. The number of hydrogen-bond donors (Lipinski definition) is 0. The number of halogens is 1. The fraction of sp³-hybridized carbons (Fsp3) is 0.176. The largest absolute Gasteiger partial charge is 0.550 e. The molecule has 4 rings (SSSR count). The first-order chi connectivity index (χ1) is 12.6. The van der Waals surface area contributed by atoms with Crippen molar-refractivity contribution in [1.29, 1.82) is 0 Å². The Balaban J connectivity index is 1.70. The number of nitrogens with zero attached hydrogens (tertiary/aromatic N) is 4. The molecule has 2 aromatic heterocycles. The molecule has 0 amide bonds. The monoisotopic (exact) mass is 387 g/mol. The lowest BCUT2D eigenvalue weighted by Gasteiger charge is -2.22. The van der Waals surface area contributed by atoms with Gasteiger partial charge in [-0.3, -0.25) is 0 Å². The highest BCUT2D eigenvalue weighted by Crippen LogP contribution is 2.33. The highest BCUT2D eigenvalue weighted by molar-refractivity contribution is 8.00. The third-order valence-corrected chi connectivity index (χ3v) is 5.87. The van der Waals surface area contributed by atoms with Crippen LogP contribution in [0.25, 0.3) is 0 Å². The van der Waals surface area contributed by atoms with Crippen molar-refractivity contribution in [2.45, 2.75) is 23.2 Å². The lowest BCUT2D eigenvalue weighted by Crippen LogP contribution is -2.32. The third kappa shape index (κ3) is 3.40. The highest BCUT2D eigenvalue weighted by atomic mass is 32.2. The molecule has 132 valence electrons. The minimum absolute atomic E-state index is 0.151. The second kappa shape index (κ2) is 7.00. The Kier molecular flexibility index (Phi) is 4.56. The van der Waals surface area contributed by atoms with Gasteiger partial charge in [0, 0.05) is 18.8 Å². The van der Waals surface area contributed by atoms with Gasteiger partial charge in [-0.05, 0) is 29.1 Å². The van der Waals surface area contributed by atoms with Gasteiger partial charge < -0.3 is 9.90 Å². The zero-order valence-electron chi connectivity index (χ0n) is 13.3. The van der Waals surface area contributed by atoms with E-state index in [1.165, 1.54) is 35.2 Å². The van der Waals surface area contributed by atoms with E-state index < -0.39 is 5.97 Å². The van der Waals surface area contributed by atoms with Crippen LogP contribution in [-0.2, 0) is 11.2 Å². The molecular formula is C17H12FN4O2S2-. The van der Waals surface area contributed by atoms with Crippen LogP contribution in [0, 0.1) is 5.82 Å². The zero-order valence-corrected chi connectivity index (χ0v) is 15.0. The second-order valence-corrected chi connectivity index (χ2v) is 7.78. The SMILES string of the molecule is O=C([O-])C[C@@H]1Sc2nnc(Cc3ccc(F)cc3)n2N=C1c1cccs1. The number of rotatable bonds is 5. The second-order valence-electron chi connectivity index (χ2n) is 5.66. The summed E-state index contributed by atoms with van der Waals surface area (Å²) < 4.78 is 14.7. The number of thiophene rings is 1. The molecule has 26 heavy (non-hydrogen) atoms. The van der Waals surface area contributed by atoms with Crippen molar-refractivity contribution >= 4 is 34.8 Å². The van der Waals surface area contributed by atoms with E-state index in [4.69, 9.17) is 0 Å². The predicted octanol–water partition coefficient (Wildman–Crippen LogP) is 1.94. The van der Waals surface area contributed by atoms with Crippen LogP contribution < -0.4 is 5.11 Å². The Morgan fingerprint density at radius 2 is 2.04 bits per heavy atom. The Morgan fingerprint density at radius 1 is 1.23 bits per heavy atom. The van der Waals surface area contributed by atoms with E-state index in [1.54, 1.807) is 16.8 Å². The van der Waals surface area contributed by atoms with Crippen LogP contribution in [0.3, 0.4) is 0 Å². The van der Waals surface area contributed by atoms with E-state index in [0.717, 1.165) is 10.4 Å². The number of carbonyl (C=O) groups is 1. The van der Waals surface area contributed by atoms with Crippen LogP contribution in [0.1, 0.15) is 22.7 Å². The molecule has 3 heterocycles. The van der Waals surface area contributed by atoms with Gasteiger partial charge in [-0.1, -0.05) is 30.0 Å². The molecule has 1 aliphatic heterocycles. The van der Waals surface area contributed by atoms with Crippen LogP contribution in [0.2, 0.25) is 0 Å². The van der Waals surface area contributed by atoms with E-state index >= 15 is 0 Å². The van der Waals surface area contributed by atoms with Crippen LogP contribution in [-0.4, -0.2) is 31.8 Å². The predicted molar refractivity (Wildman–Crippen MR) is 94.8 cm³/mol. The molecule has 0 unspecified atom stereocenters. The van der Waals surface area contributed by atoms with Crippen LogP contribution in [0.5, 0.6) is 0 Å². The fourth-order valence-electron chi connectivity index (χ4n) is 2.64. The Hall–Kier alpha value is -2.52. The van der Waals surface area contributed by atoms with E-state index in [0.29, 0.717) is 23.1 Å². The number of aliphatic carboxylic acids is 1. The highest BCUT2D eigenvalue weighted by Gasteiger charge is 2.29. The maximum Gasteiger partial charge on any atom is 0.212 e. The minimum atomic E-state index is -1.13. The van der Waals surface area contributed by atoms with E-state index in [-0.39, 0.29) is 17.5 Å². The molecule has 1 aliphatic rings. The van der Waals surface area contributed by atoms with E-state index in [9.17, 15) is 14.3 Å². The number of thioether (sulfide) groups is 1. The van der Waals surface area contributed by atoms with E-state index in [1.807, 2.05) is 17.5 Å². The first-order valence-electron chi connectivity index (χ1n) is 7.78. The first kappa shape index (κ1) is 16.9. The van der Waals surface area contributed by atoms with Gasteiger partial charge in [-0.2, -0.15) is 9.78 Å². The number of hydrogen-bond acceptors (Lipinski definition) is 7. The van der Waals surface area contributed by atoms with Crippen LogP contribution in [0.15, 0.2) is 52.0 Å². The number of fused-ring (bicyclic) bond motifs is 1. The normalized spacial score (nSPS) is 16.2. The summed E-state index contributed by atoms with van der Waals surface area (Å²) in [6.45, 7) is 0. The van der Waals surface area contributed by atoms with Gasteiger partial charge in [0.15, 0.2) is 5.82 Å². The van der Waals surface area contributed by atoms with Crippen LogP contribution >= 0.6 is 23.1 Å². The van der Waals surface area contributed by atoms with Crippen molar-refractivity contribution in [3.05, 3.63) is 63.9 Å². The van der Waals surface area contributed by atoms with Gasteiger partial charge in [-0.25, -0.2) is 4.39 Å². The van der Waals surface area contributed by atoms with Gasteiger partial charge >= 0.3 is 0 Å². The van der Waals surface area contributed by atoms with Crippen LogP contribution in [0.4, 0.5) is 4.39 Å². The quantitative estimate of drug-likeness (QED) is 0.668. The maximum atomic E-state index is 13.1. The molecule has 3 aromatic rings. The van der Waals surface area contributed by atoms with Crippen molar-refractivity contribution in [1.82, 2.24) is 14.9 Å². The molecule has 0 fully saturated rings. The lowest BCUT2D eigenvalue weighted by molar-refractivity contribution is -0.305. The van der Waals surface area contributed by atoms with Crippen molar-refractivity contribution in [3.8, 4) is 0 Å². The number of carbonyl (C=O) groups excluding carboxylic acids is 1. The van der Waals surface area contributed by atoms with Gasteiger partial charge in [0.25, 0.3) is 0 Å². The Morgan fingerprint density at radius 3 is 2.73 bits per heavy atom. The summed E-state index contributed by atoms with van der Waals surface area (Å²) >= 11 is 2.81. The fourth-order valence-corrected chi connectivity index (χ4v) is 4.57. The number of carboxylic acid groups (broad SMARTS) is 1. The molecule has 1 atom stereocenters. The summed E-state index contributed by atoms with van der Waals surface area (Å²) in [6, 6.07) is 9.97. The molecule has 0 radical (unpaired) electrons. The molecule has 0 saturated carbocycles. The third-order valence-electron chi connectivity index (χ3n) is 3.84. The van der Waals surface area contributed by atoms with E-state index in [2.05, 4.69) is 15.3 Å². The molecular weight excluding hydrogens is 375 g/mol. The summed E-state index contributed by atoms with van der Waals surface area (Å²) in [4.78, 5) is 12.0. The molecule has 0 aliphatic carbocycles. The van der Waals surface area contributed by atoms with Gasteiger partial charge in [0.1, 0.15) is 5.82 Å². The van der Waals surface area contributed by atoms with Gasteiger partial charge in [0.05, 0.1) is 15.8 Å². The topological polar surface area (TPSA) is 83.2 Å². The molecule has 6 nitrogen and oxygen atoms in total. The number of carboxylic acids is 1. The molecule has 0 bridgehead atoms.